The highest BCUT2D eigenvalue weighted by atomic mass is 35.5. The molecule has 1 unspecified atom stereocenters. The highest BCUT2D eigenvalue weighted by Gasteiger charge is 2.15. The van der Waals surface area contributed by atoms with E-state index in [2.05, 4.69) is 15.6 Å². The van der Waals surface area contributed by atoms with Crippen LogP contribution in [-0.2, 0) is 0 Å². The van der Waals surface area contributed by atoms with E-state index in [0.29, 0.717) is 5.56 Å². The molecule has 20 heavy (non-hydrogen) atoms. The van der Waals surface area contributed by atoms with Gasteiger partial charge in [0, 0.05) is 23.8 Å². The maximum atomic E-state index is 12.3. The van der Waals surface area contributed by atoms with E-state index in [4.69, 9.17) is 11.6 Å². The molecule has 0 aliphatic heterocycles. The number of thiophene rings is 1. The van der Waals surface area contributed by atoms with Crippen molar-refractivity contribution in [1.82, 2.24) is 10.3 Å². The first kappa shape index (κ1) is 14.8. The van der Waals surface area contributed by atoms with Gasteiger partial charge in [0.2, 0.25) is 0 Å². The average Bonchev–Trinajstić information content (AvgIpc) is 2.86. The summed E-state index contributed by atoms with van der Waals surface area (Å²) in [5.74, 6) is -0.147. The molecule has 0 radical (unpaired) electrons. The molecule has 4 nitrogen and oxygen atoms in total. The van der Waals surface area contributed by atoms with Crippen molar-refractivity contribution in [1.29, 1.82) is 0 Å². The lowest BCUT2D eigenvalue weighted by Gasteiger charge is -2.14. The van der Waals surface area contributed by atoms with Gasteiger partial charge in [-0.05, 0) is 32.0 Å². The number of hydrogen-bond donors (Lipinski definition) is 2. The summed E-state index contributed by atoms with van der Waals surface area (Å²) >= 11 is 7.38. The van der Waals surface area contributed by atoms with Crippen molar-refractivity contribution in [2.75, 3.05) is 11.9 Å². The number of hydrogen-bond acceptors (Lipinski definition) is 4. The van der Waals surface area contributed by atoms with Crippen LogP contribution in [0.1, 0.15) is 35.1 Å². The van der Waals surface area contributed by atoms with Crippen molar-refractivity contribution >= 4 is 34.5 Å². The third kappa shape index (κ3) is 3.49. The summed E-state index contributed by atoms with van der Waals surface area (Å²) in [6.45, 7) is 4.67. The van der Waals surface area contributed by atoms with E-state index in [1.165, 1.54) is 11.3 Å². The van der Waals surface area contributed by atoms with Gasteiger partial charge in [-0.3, -0.25) is 9.78 Å². The molecular formula is C14H16ClN3OS. The largest absolute Gasteiger partial charge is 0.385 e. The Bertz CT molecular complexity index is 600. The molecule has 2 N–H and O–H groups in total. The lowest BCUT2D eigenvalue weighted by molar-refractivity contribution is 0.0941. The molecule has 0 spiro atoms. The van der Waals surface area contributed by atoms with Gasteiger partial charge < -0.3 is 10.6 Å². The first-order valence-electron chi connectivity index (χ1n) is 6.35. The summed E-state index contributed by atoms with van der Waals surface area (Å²) in [5, 5.41) is 6.11. The monoisotopic (exact) mass is 309 g/mol. The van der Waals surface area contributed by atoms with Crippen LogP contribution >= 0.6 is 22.9 Å². The first-order chi connectivity index (χ1) is 9.61. The summed E-state index contributed by atoms with van der Waals surface area (Å²) in [6.07, 6.45) is 3.23. The lowest BCUT2D eigenvalue weighted by atomic mass is 10.2. The Morgan fingerprint density at radius 3 is 2.90 bits per heavy atom. The second kappa shape index (κ2) is 6.72. The minimum atomic E-state index is -0.147. The van der Waals surface area contributed by atoms with Crippen LogP contribution < -0.4 is 10.6 Å². The molecule has 0 bridgehead atoms. The molecule has 0 saturated heterocycles. The van der Waals surface area contributed by atoms with Crippen molar-refractivity contribution in [3.05, 3.63) is 45.4 Å². The molecule has 0 saturated carbocycles. The van der Waals surface area contributed by atoms with Gasteiger partial charge in [0.1, 0.15) is 0 Å². The minimum Gasteiger partial charge on any atom is -0.385 e. The SMILES string of the molecule is CCNc1ccncc1C(=O)NC(C)c1ccc(Cl)s1. The number of amides is 1. The molecule has 0 aliphatic carbocycles. The van der Waals surface area contributed by atoms with Crippen molar-refractivity contribution in [3.63, 3.8) is 0 Å². The normalized spacial score (nSPS) is 11.9. The third-order valence-corrected chi connectivity index (χ3v) is 4.22. The number of carbonyl (C=O) groups is 1. The van der Waals surface area contributed by atoms with E-state index >= 15 is 0 Å². The first-order valence-corrected chi connectivity index (χ1v) is 7.55. The molecule has 2 aromatic rings. The Kier molecular flexibility index (Phi) is 4.98. The molecule has 0 aromatic carbocycles. The maximum Gasteiger partial charge on any atom is 0.255 e. The number of nitrogens with zero attached hydrogens (tertiary/aromatic N) is 1. The van der Waals surface area contributed by atoms with Crippen LogP contribution in [0.15, 0.2) is 30.6 Å². The standard InChI is InChI=1S/C14H16ClN3OS/c1-3-17-11-6-7-16-8-10(11)14(19)18-9(2)12-4-5-13(15)20-12/h4-9H,3H2,1-2H3,(H,16,17)(H,18,19). The second-order valence-corrected chi connectivity index (χ2v) is 6.04. The second-order valence-electron chi connectivity index (χ2n) is 4.29. The number of nitrogens with one attached hydrogen (secondary N) is 2. The summed E-state index contributed by atoms with van der Waals surface area (Å²) in [4.78, 5) is 17.4. The van der Waals surface area contributed by atoms with Crippen LogP contribution in [0.5, 0.6) is 0 Å². The third-order valence-electron chi connectivity index (χ3n) is 2.80. The molecule has 1 atom stereocenters. The summed E-state index contributed by atoms with van der Waals surface area (Å²) in [7, 11) is 0. The molecule has 106 valence electrons. The van der Waals surface area contributed by atoms with Gasteiger partial charge in [0.25, 0.3) is 5.91 Å². The van der Waals surface area contributed by atoms with Gasteiger partial charge >= 0.3 is 0 Å². The van der Waals surface area contributed by atoms with Crippen molar-refractivity contribution in [2.24, 2.45) is 0 Å². The van der Waals surface area contributed by atoms with Crippen LogP contribution in [-0.4, -0.2) is 17.4 Å². The van der Waals surface area contributed by atoms with E-state index in [1.807, 2.05) is 26.0 Å². The smallest absolute Gasteiger partial charge is 0.255 e. The fraction of sp³-hybridized carbons (Fsp3) is 0.286. The van der Waals surface area contributed by atoms with Crippen LogP contribution in [0.25, 0.3) is 0 Å². The number of rotatable bonds is 5. The Morgan fingerprint density at radius 2 is 2.25 bits per heavy atom. The zero-order chi connectivity index (χ0) is 14.5. The molecule has 1 amide bonds. The lowest BCUT2D eigenvalue weighted by Crippen LogP contribution is -2.27. The van der Waals surface area contributed by atoms with Crippen molar-refractivity contribution in [2.45, 2.75) is 19.9 Å². The minimum absolute atomic E-state index is 0.0883. The molecule has 2 rings (SSSR count). The van der Waals surface area contributed by atoms with Crippen LogP contribution in [0.3, 0.4) is 0 Å². The quantitative estimate of drug-likeness (QED) is 0.885. The van der Waals surface area contributed by atoms with Crippen LogP contribution in [0, 0.1) is 0 Å². The van der Waals surface area contributed by atoms with E-state index in [9.17, 15) is 4.79 Å². The molecule has 0 aliphatic rings. The zero-order valence-corrected chi connectivity index (χ0v) is 12.9. The summed E-state index contributed by atoms with van der Waals surface area (Å²) in [5.41, 5.74) is 1.33. The Hall–Kier alpha value is -1.59. The topological polar surface area (TPSA) is 54.0 Å². The Morgan fingerprint density at radius 1 is 1.45 bits per heavy atom. The number of aromatic nitrogens is 1. The van der Waals surface area contributed by atoms with Gasteiger partial charge in [-0.25, -0.2) is 0 Å². The maximum absolute atomic E-state index is 12.3. The number of pyridine rings is 1. The Balaban J connectivity index is 2.12. The summed E-state index contributed by atoms with van der Waals surface area (Å²) < 4.78 is 0.718. The highest BCUT2D eigenvalue weighted by Crippen LogP contribution is 2.27. The highest BCUT2D eigenvalue weighted by molar-refractivity contribution is 7.16. The van der Waals surface area contributed by atoms with E-state index in [1.54, 1.807) is 18.5 Å². The van der Waals surface area contributed by atoms with Gasteiger partial charge in [-0.15, -0.1) is 11.3 Å². The van der Waals surface area contributed by atoms with E-state index < -0.39 is 0 Å². The van der Waals surface area contributed by atoms with Gasteiger partial charge in [0.15, 0.2) is 0 Å². The molecule has 2 heterocycles. The molecular weight excluding hydrogens is 294 g/mol. The van der Waals surface area contributed by atoms with Gasteiger partial charge in [-0.1, -0.05) is 11.6 Å². The number of carbonyl (C=O) groups excluding carboxylic acids is 1. The van der Waals surface area contributed by atoms with Crippen LogP contribution in [0.2, 0.25) is 4.34 Å². The zero-order valence-electron chi connectivity index (χ0n) is 11.3. The molecule has 2 aromatic heterocycles. The molecule has 6 heteroatoms. The van der Waals surface area contributed by atoms with Crippen molar-refractivity contribution < 1.29 is 4.79 Å². The number of halogens is 1. The van der Waals surface area contributed by atoms with Gasteiger partial charge in [0.05, 0.1) is 21.6 Å². The Labute approximate surface area is 127 Å². The van der Waals surface area contributed by atoms with Gasteiger partial charge in [-0.2, -0.15) is 0 Å². The summed E-state index contributed by atoms with van der Waals surface area (Å²) in [6, 6.07) is 5.46. The van der Waals surface area contributed by atoms with Crippen molar-refractivity contribution in [3.8, 4) is 0 Å². The average molecular weight is 310 g/mol. The predicted octanol–water partition coefficient (Wildman–Crippen LogP) is 3.72. The fourth-order valence-corrected chi connectivity index (χ4v) is 2.89. The number of anilines is 1. The fourth-order valence-electron chi connectivity index (χ4n) is 1.83. The molecule has 0 fully saturated rings. The predicted molar refractivity (Wildman–Crippen MR) is 83.6 cm³/mol. The van der Waals surface area contributed by atoms with E-state index in [-0.39, 0.29) is 11.9 Å². The van der Waals surface area contributed by atoms with Crippen LogP contribution in [0.4, 0.5) is 5.69 Å². The van der Waals surface area contributed by atoms with E-state index in [0.717, 1.165) is 21.4 Å².